The van der Waals surface area contributed by atoms with Crippen LogP contribution in [0, 0.1) is 0 Å². The molecule has 1 aliphatic carbocycles. The van der Waals surface area contributed by atoms with E-state index in [0.717, 1.165) is 4.88 Å². The zero-order chi connectivity index (χ0) is 26.6. The van der Waals surface area contributed by atoms with Crippen LogP contribution in [0.15, 0.2) is 28.3 Å². The number of amides is 4. The van der Waals surface area contributed by atoms with Gasteiger partial charge in [0.05, 0.1) is 21.8 Å². The van der Waals surface area contributed by atoms with E-state index in [9.17, 15) is 14.4 Å². The molecule has 0 fully saturated rings. The van der Waals surface area contributed by atoms with Gasteiger partial charge in [-0.1, -0.05) is 50.0 Å². The third-order valence-electron chi connectivity index (χ3n) is 5.24. The van der Waals surface area contributed by atoms with Crippen molar-refractivity contribution in [2.75, 3.05) is 32.5 Å². The molecule has 4 amide bonds. The number of hydrogen-bond donors (Lipinski definition) is 4. The molecule has 0 saturated carbocycles. The van der Waals surface area contributed by atoms with Crippen LogP contribution in [0.4, 0.5) is 10.5 Å². The largest absolute Gasteiger partial charge is 0.353 e. The molecule has 1 atom stereocenters. The van der Waals surface area contributed by atoms with Gasteiger partial charge in [-0.2, -0.15) is 0 Å². The van der Waals surface area contributed by atoms with Gasteiger partial charge in [0.25, 0.3) is 5.91 Å². The predicted molar refractivity (Wildman–Crippen MR) is 145 cm³/mol. The molecule has 1 aliphatic rings. The molecular weight excluding hydrogens is 509 g/mol. The summed E-state index contributed by atoms with van der Waals surface area (Å²) in [5.41, 5.74) is -1.04. The molecule has 194 valence electrons. The summed E-state index contributed by atoms with van der Waals surface area (Å²) in [6.07, 6.45) is 4.02. The molecule has 8 nitrogen and oxygen atoms in total. The number of carbonyl (C=O) groups is 3. The van der Waals surface area contributed by atoms with E-state index in [1.54, 1.807) is 26.0 Å². The van der Waals surface area contributed by atoms with Gasteiger partial charge >= 0.3 is 6.03 Å². The topological polar surface area (TPSA) is 103 Å². The number of halogens is 2. The number of carbonyl (C=O) groups excluding carboxylic acids is 3. The van der Waals surface area contributed by atoms with Gasteiger partial charge in [-0.25, -0.2) is 4.79 Å². The summed E-state index contributed by atoms with van der Waals surface area (Å²) >= 11 is 13.6. The highest BCUT2D eigenvalue weighted by Crippen LogP contribution is 2.36. The van der Waals surface area contributed by atoms with Crippen LogP contribution >= 0.6 is 34.5 Å². The molecule has 1 unspecified atom stereocenters. The van der Waals surface area contributed by atoms with Crippen LogP contribution in [-0.2, 0) is 10.2 Å². The van der Waals surface area contributed by atoms with Gasteiger partial charge in [0.2, 0.25) is 5.91 Å². The highest BCUT2D eigenvalue weighted by Gasteiger charge is 2.32. The van der Waals surface area contributed by atoms with Crippen molar-refractivity contribution in [3.63, 3.8) is 0 Å². The number of anilines is 1. The maximum atomic E-state index is 13.3. The van der Waals surface area contributed by atoms with E-state index in [2.05, 4.69) is 21.3 Å². The number of nitrogens with one attached hydrogen (secondary N) is 4. The lowest BCUT2D eigenvalue weighted by Gasteiger charge is -2.25. The highest BCUT2D eigenvalue weighted by molar-refractivity contribution is 7.14. The number of rotatable bonds is 8. The van der Waals surface area contributed by atoms with E-state index in [4.69, 9.17) is 23.2 Å². The summed E-state index contributed by atoms with van der Waals surface area (Å²) < 4.78 is 0. The molecule has 1 aromatic heterocycles. The van der Waals surface area contributed by atoms with Crippen molar-refractivity contribution >= 4 is 58.1 Å². The minimum absolute atomic E-state index is 0.247. The van der Waals surface area contributed by atoms with Gasteiger partial charge in [0.15, 0.2) is 0 Å². The molecule has 35 heavy (non-hydrogen) atoms. The minimum Gasteiger partial charge on any atom is -0.353 e. The van der Waals surface area contributed by atoms with Crippen molar-refractivity contribution in [2.24, 2.45) is 0 Å². The SMILES string of the molecule is CN(C)CCNC(=O)C(C)(C)NC(=O)c1sc(C(C)(C)C)cc1NC(=O)NC1CC=CC(Cl)=C1Cl. The standard InChI is InChI=1S/C24H35Cl2N5O3S/c1-23(2,3)17-13-16(29-22(34)28-15-10-8-9-14(25)18(15)26)19(35-17)20(32)30-24(4,5)21(33)27-11-12-31(6)7/h8-9,13,15H,10-12H2,1-7H3,(H,27,33)(H,30,32)(H2,28,29,34). The Kier molecular flexibility index (Phi) is 9.81. The van der Waals surface area contributed by atoms with Gasteiger partial charge in [0, 0.05) is 18.0 Å². The Morgan fingerprint density at radius 3 is 2.40 bits per heavy atom. The maximum absolute atomic E-state index is 13.3. The van der Waals surface area contributed by atoms with Crippen molar-refractivity contribution in [1.29, 1.82) is 0 Å². The average Bonchev–Trinajstić information content (AvgIpc) is 3.15. The number of urea groups is 1. The molecular formula is C24H35Cl2N5O3S. The van der Waals surface area contributed by atoms with E-state index in [1.807, 2.05) is 45.8 Å². The average molecular weight is 545 g/mol. The number of likely N-dealkylation sites (N-methyl/N-ethyl adjacent to an activating group) is 1. The smallest absolute Gasteiger partial charge is 0.319 e. The summed E-state index contributed by atoms with van der Waals surface area (Å²) in [5.74, 6) is -0.744. The first-order chi connectivity index (χ1) is 16.1. The minimum atomic E-state index is -1.15. The van der Waals surface area contributed by atoms with Crippen molar-refractivity contribution in [1.82, 2.24) is 20.9 Å². The first-order valence-corrected chi connectivity index (χ1v) is 12.9. The second kappa shape index (κ2) is 11.8. The normalized spacial score (nSPS) is 16.3. The van der Waals surface area contributed by atoms with Gasteiger partial charge in [0.1, 0.15) is 10.4 Å². The van der Waals surface area contributed by atoms with Crippen LogP contribution in [-0.4, -0.2) is 61.5 Å². The Morgan fingerprint density at radius 1 is 1.14 bits per heavy atom. The summed E-state index contributed by atoms with van der Waals surface area (Å²) in [6, 6.07) is 0.812. The summed E-state index contributed by atoms with van der Waals surface area (Å²) in [6.45, 7) is 10.5. The zero-order valence-corrected chi connectivity index (χ0v) is 23.6. The molecule has 4 N–H and O–H groups in total. The number of nitrogens with zero attached hydrogens (tertiary/aromatic N) is 1. The van der Waals surface area contributed by atoms with Crippen LogP contribution in [0.1, 0.15) is 55.6 Å². The molecule has 11 heteroatoms. The molecule has 1 heterocycles. The number of allylic oxidation sites excluding steroid dienone is 2. The highest BCUT2D eigenvalue weighted by atomic mass is 35.5. The number of thiophene rings is 1. The van der Waals surface area contributed by atoms with E-state index in [0.29, 0.717) is 40.1 Å². The Morgan fingerprint density at radius 2 is 1.80 bits per heavy atom. The van der Waals surface area contributed by atoms with Crippen LogP contribution in [0.25, 0.3) is 0 Å². The van der Waals surface area contributed by atoms with Crippen LogP contribution in [0.3, 0.4) is 0 Å². The lowest BCUT2D eigenvalue weighted by molar-refractivity contribution is -0.126. The fourth-order valence-electron chi connectivity index (χ4n) is 3.13. The fourth-order valence-corrected chi connectivity index (χ4v) is 4.62. The molecule has 0 aromatic carbocycles. The lowest BCUT2D eigenvalue weighted by Crippen LogP contribution is -2.55. The molecule has 0 aliphatic heterocycles. The second-order valence-corrected chi connectivity index (χ2v) is 12.1. The molecule has 0 bridgehead atoms. The summed E-state index contributed by atoms with van der Waals surface area (Å²) in [4.78, 5) is 41.9. The van der Waals surface area contributed by atoms with E-state index < -0.39 is 23.5 Å². The van der Waals surface area contributed by atoms with Gasteiger partial charge in [-0.05, 0) is 51.9 Å². The molecule has 2 rings (SSSR count). The van der Waals surface area contributed by atoms with E-state index >= 15 is 0 Å². The van der Waals surface area contributed by atoms with Crippen LogP contribution in [0.5, 0.6) is 0 Å². The second-order valence-electron chi connectivity index (χ2n) is 10.2. The van der Waals surface area contributed by atoms with Crippen LogP contribution < -0.4 is 21.3 Å². The maximum Gasteiger partial charge on any atom is 0.319 e. The lowest BCUT2D eigenvalue weighted by atomic mass is 9.94. The Bertz CT molecular complexity index is 1020. The van der Waals surface area contributed by atoms with Crippen LogP contribution in [0.2, 0.25) is 0 Å². The molecule has 0 spiro atoms. The van der Waals surface area contributed by atoms with Crippen molar-refractivity contribution in [2.45, 2.75) is 58.0 Å². The Hall–Kier alpha value is -2.07. The van der Waals surface area contributed by atoms with Gasteiger partial charge in [-0.15, -0.1) is 11.3 Å². The van der Waals surface area contributed by atoms with E-state index in [1.165, 1.54) is 11.3 Å². The first kappa shape index (κ1) is 29.2. The third-order valence-corrected chi connectivity index (χ3v) is 7.69. The summed E-state index contributed by atoms with van der Waals surface area (Å²) in [5, 5.41) is 11.9. The van der Waals surface area contributed by atoms with Gasteiger partial charge in [-0.3, -0.25) is 9.59 Å². The van der Waals surface area contributed by atoms with E-state index in [-0.39, 0.29) is 11.3 Å². The Labute approximate surface area is 221 Å². The number of hydrogen-bond acceptors (Lipinski definition) is 5. The van der Waals surface area contributed by atoms with Gasteiger partial charge < -0.3 is 26.2 Å². The molecule has 0 saturated heterocycles. The van der Waals surface area contributed by atoms with Crippen molar-refractivity contribution in [3.05, 3.63) is 38.0 Å². The monoisotopic (exact) mass is 543 g/mol. The molecule has 0 radical (unpaired) electrons. The Balaban J connectivity index is 2.19. The fraction of sp³-hybridized carbons (Fsp3) is 0.542. The summed E-state index contributed by atoms with van der Waals surface area (Å²) in [7, 11) is 3.83. The third kappa shape index (κ3) is 8.24. The van der Waals surface area contributed by atoms with Crippen molar-refractivity contribution < 1.29 is 14.4 Å². The first-order valence-electron chi connectivity index (χ1n) is 11.3. The van der Waals surface area contributed by atoms with Crippen molar-refractivity contribution in [3.8, 4) is 0 Å². The quantitative estimate of drug-likeness (QED) is 0.390. The predicted octanol–water partition coefficient (Wildman–Crippen LogP) is 4.37. The zero-order valence-electron chi connectivity index (χ0n) is 21.3. The molecule has 1 aromatic rings.